The molecule has 0 aromatic rings. The van der Waals surface area contributed by atoms with Crippen LogP contribution in [0.1, 0.15) is 19.8 Å². The van der Waals surface area contributed by atoms with Crippen molar-refractivity contribution in [3.63, 3.8) is 0 Å². The fourth-order valence-electron chi connectivity index (χ4n) is 0.667. The molecule has 0 heterocycles. The van der Waals surface area contributed by atoms with Crippen LogP contribution in [-0.2, 0) is 33.4 Å². The van der Waals surface area contributed by atoms with Gasteiger partial charge in [-0.3, -0.25) is 0 Å². The SMILES string of the molecule is C=C.C=CC(=O)OC.C=CC(=O)OCCCC.COC(=O)/C=C\C(=O)O. The first-order valence-corrected chi connectivity index (χ1v) is 7.27. The smallest absolute Gasteiger partial charge is 0.330 e. The number of unbranched alkanes of at least 4 members (excludes halogenated alkanes) is 1. The number of esters is 3. The molecule has 26 heavy (non-hydrogen) atoms. The van der Waals surface area contributed by atoms with E-state index in [9.17, 15) is 19.2 Å². The van der Waals surface area contributed by atoms with Gasteiger partial charge in [-0.2, -0.15) is 0 Å². The van der Waals surface area contributed by atoms with Crippen LogP contribution in [0.25, 0.3) is 0 Å². The lowest BCUT2D eigenvalue weighted by Gasteiger charge is -1.97. The Balaban J connectivity index is -0.000000136. The van der Waals surface area contributed by atoms with E-state index in [1.54, 1.807) is 0 Å². The molecule has 0 saturated heterocycles. The summed E-state index contributed by atoms with van der Waals surface area (Å²) in [4.78, 5) is 40.1. The van der Waals surface area contributed by atoms with Gasteiger partial charge in [-0.05, 0) is 6.42 Å². The first kappa shape index (κ1) is 30.7. The lowest BCUT2D eigenvalue weighted by atomic mass is 10.4. The van der Waals surface area contributed by atoms with Crippen molar-refractivity contribution in [3.8, 4) is 0 Å². The Morgan fingerprint density at radius 2 is 1.35 bits per heavy atom. The Labute approximate surface area is 154 Å². The van der Waals surface area contributed by atoms with Crippen molar-refractivity contribution < 1.29 is 38.5 Å². The van der Waals surface area contributed by atoms with E-state index in [1.165, 1.54) is 20.3 Å². The van der Waals surface area contributed by atoms with Crippen molar-refractivity contribution in [2.45, 2.75) is 19.8 Å². The Morgan fingerprint density at radius 1 is 0.885 bits per heavy atom. The van der Waals surface area contributed by atoms with Crippen molar-refractivity contribution in [1.82, 2.24) is 0 Å². The number of hydrogen-bond donors (Lipinski definition) is 1. The minimum Gasteiger partial charge on any atom is -0.478 e. The van der Waals surface area contributed by atoms with Gasteiger partial charge in [0.15, 0.2) is 0 Å². The molecule has 0 atom stereocenters. The van der Waals surface area contributed by atoms with E-state index < -0.39 is 17.9 Å². The summed E-state index contributed by atoms with van der Waals surface area (Å²) >= 11 is 0. The molecule has 0 spiro atoms. The van der Waals surface area contributed by atoms with Crippen molar-refractivity contribution in [2.75, 3.05) is 20.8 Å². The number of methoxy groups -OCH3 is 2. The lowest BCUT2D eigenvalue weighted by Crippen LogP contribution is -2.00. The molecule has 0 bridgehead atoms. The van der Waals surface area contributed by atoms with E-state index in [2.05, 4.69) is 40.5 Å². The largest absolute Gasteiger partial charge is 0.478 e. The lowest BCUT2D eigenvalue weighted by molar-refractivity contribution is -0.138. The monoisotopic (exact) mass is 372 g/mol. The van der Waals surface area contributed by atoms with E-state index in [-0.39, 0.29) is 5.97 Å². The fraction of sp³-hybridized carbons (Fsp3) is 0.333. The predicted molar refractivity (Wildman–Crippen MR) is 98.3 cm³/mol. The third-order valence-electron chi connectivity index (χ3n) is 1.84. The third kappa shape index (κ3) is 37.2. The number of rotatable bonds is 7. The van der Waals surface area contributed by atoms with E-state index in [0.29, 0.717) is 12.7 Å². The Kier molecular flexibility index (Phi) is 31.5. The molecule has 148 valence electrons. The second-order valence-corrected chi connectivity index (χ2v) is 3.65. The van der Waals surface area contributed by atoms with Crippen LogP contribution < -0.4 is 0 Å². The van der Waals surface area contributed by atoms with Gasteiger partial charge < -0.3 is 19.3 Å². The number of ether oxygens (including phenoxy) is 3. The molecule has 0 aromatic carbocycles. The standard InChI is InChI=1S/C7H12O2.C5H6O4.C4H6O2.C2H4/c1-3-5-6-9-7(8)4-2;1-9-5(8)3-2-4(6)7;1-3-4(5)6-2;1-2/h4H,2-3,5-6H2,1H3;2-3H,1H3,(H,6,7);3H,1H2,2H3;1-2H2/b;3-2-;;. The van der Waals surface area contributed by atoms with Gasteiger partial charge in [-0.15, -0.1) is 13.2 Å². The molecule has 0 unspecified atom stereocenters. The molecular formula is C18H28O8. The van der Waals surface area contributed by atoms with Crippen LogP contribution in [-0.4, -0.2) is 49.8 Å². The zero-order chi connectivity index (χ0) is 21.4. The molecule has 8 heteroatoms. The summed E-state index contributed by atoms with van der Waals surface area (Å²) in [7, 11) is 2.48. The second-order valence-electron chi connectivity index (χ2n) is 3.65. The van der Waals surface area contributed by atoms with Crippen LogP contribution in [0.2, 0.25) is 0 Å². The zero-order valence-electron chi connectivity index (χ0n) is 15.6. The summed E-state index contributed by atoms with van der Waals surface area (Å²) in [6.45, 7) is 15.0. The summed E-state index contributed by atoms with van der Waals surface area (Å²) in [6, 6.07) is 0. The van der Waals surface area contributed by atoms with Crippen molar-refractivity contribution in [2.24, 2.45) is 0 Å². The number of aliphatic carboxylic acids is 1. The Hall–Kier alpha value is -3.16. The average molecular weight is 372 g/mol. The normalized spacial score (nSPS) is 7.96. The van der Waals surface area contributed by atoms with Gasteiger partial charge in [0.1, 0.15) is 0 Å². The summed E-state index contributed by atoms with van der Waals surface area (Å²) < 4.78 is 12.9. The number of carboxylic acid groups (broad SMARTS) is 1. The van der Waals surface area contributed by atoms with Crippen LogP contribution in [0.4, 0.5) is 0 Å². The van der Waals surface area contributed by atoms with Crippen molar-refractivity contribution in [1.29, 1.82) is 0 Å². The zero-order valence-corrected chi connectivity index (χ0v) is 15.6. The third-order valence-corrected chi connectivity index (χ3v) is 1.84. The quantitative estimate of drug-likeness (QED) is 0.238. The van der Waals surface area contributed by atoms with Gasteiger partial charge in [0, 0.05) is 24.3 Å². The van der Waals surface area contributed by atoms with Gasteiger partial charge >= 0.3 is 23.9 Å². The van der Waals surface area contributed by atoms with E-state index in [4.69, 9.17) is 5.11 Å². The summed E-state index contributed by atoms with van der Waals surface area (Å²) in [6.07, 6.45) is 5.81. The number of carbonyl (C=O) groups excluding carboxylic acids is 3. The van der Waals surface area contributed by atoms with Crippen LogP contribution in [0.3, 0.4) is 0 Å². The number of carboxylic acids is 1. The Morgan fingerprint density at radius 3 is 1.62 bits per heavy atom. The van der Waals surface area contributed by atoms with Crippen LogP contribution in [0.5, 0.6) is 0 Å². The molecule has 1 N–H and O–H groups in total. The van der Waals surface area contributed by atoms with Crippen molar-refractivity contribution >= 4 is 23.9 Å². The molecule has 0 aliphatic rings. The molecule has 0 rings (SSSR count). The van der Waals surface area contributed by atoms with Crippen LogP contribution >= 0.6 is 0 Å². The molecule has 0 saturated carbocycles. The van der Waals surface area contributed by atoms with E-state index in [1.807, 2.05) is 6.92 Å². The maximum Gasteiger partial charge on any atom is 0.330 e. The highest BCUT2D eigenvalue weighted by atomic mass is 16.5. The predicted octanol–water partition coefficient (Wildman–Crippen LogP) is 2.46. The Bertz CT molecular complexity index is 452. The first-order chi connectivity index (χ1) is 12.3. The minimum atomic E-state index is -1.17. The van der Waals surface area contributed by atoms with Gasteiger partial charge in [-0.25, -0.2) is 19.2 Å². The molecule has 0 aromatic heterocycles. The van der Waals surface area contributed by atoms with Gasteiger partial charge in [0.25, 0.3) is 0 Å². The molecule has 0 aliphatic carbocycles. The van der Waals surface area contributed by atoms with Crippen LogP contribution in [0, 0.1) is 0 Å². The van der Waals surface area contributed by atoms with Gasteiger partial charge in [0.2, 0.25) is 0 Å². The van der Waals surface area contributed by atoms with Gasteiger partial charge in [-0.1, -0.05) is 26.5 Å². The topological polar surface area (TPSA) is 116 Å². The molecule has 0 aliphatic heterocycles. The molecule has 0 fully saturated rings. The number of carbonyl (C=O) groups is 4. The van der Waals surface area contributed by atoms with Gasteiger partial charge in [0.05, 0.1) is 20.8 Å². The average Bonchev–Trinajstić information content (AvgIpc) is 2.67. The minimum absolute atomic E-state index is 0.330. The van der Waals surface area contributed by atoms with E-state index in [0.717, 1.165) is 25.0 Å². The van der Waals surface area contributed by atoms with Crippen LogP contribution in [0.15, 0.2) is 50.6 Å². The molecule has 0 amide bonds. The summed E-state index contributed by atoms with van der Waals surface area (Å²) in [5.41, 5.74) is 0. The molecular weight excluding hydrogens is 344 g/mol. The highest BCUT2D eigenvalue weighted by molar-refractivity contribution is 5.90. The van der Waals surface area contributed by atoms with Crippen molar-refractivity contribution in [3.05, 3.63) is 50.6 Å². The maximum atomic E-state index is 10.3. The fourth-order valence-corrected chi connectivity index (χ4v) is 0.667. The molecule has 8 nitrogen and oxygen atoms in total. The highest BCUT2D eigenvalue weighted by Gasteiger charge is 1.92. The second kappa shape index (κ2) is 26.7. The maximum absolute atomic E-state index is 10.3. The van der Waals surface area contributed by atoms with E-state index >= 15 is 0 Å². The summed E-state index contributed by atoms with van der Waals surface area (Å²) in [5, 5.41) is 7.96. The first-order valence-electron chi connectivity index (χ1n) is 7.27. The number of hydrogen-bond acceptors (Lipinski definition) is 7. The molecule has 0 radical (unpaired) electrons. The summed E-state index contributed by atoms with van der Waals surface area (Å²) in [5.74, 6) is -2.56. The highest BCUT2D eigenvalue weighted by Crippen LogP contribution is 1.88.